The first-order chi connectivity index (χ1) is 9.60. The predicted octanol–water partition coefficient (Wildman–Crippen LogP) is 3.02. The van der Waals surface area contributed by atoms with Crippen molar-refractivity contribution >= 4 is 11.5 Å². The second-order valence-electron chi connectivity index (χ2n) is 4.45. The number of carbonyl (C=O) groups is 1. The van der Waals surface area contributed by atoms with E-state index in [-0.39, 0.29) is 12.3 Å². The zero-order chi connectivity index (χ0) is 14.5. The first-order valence-corrected chi connectivity index (χ1v) is 6.10. The van der Waals surface area contributed by atoms with E-state index in [4.69, 9.17) is 5.26 Å². The molecule has 0 saturated heterocycles. The van der Waals surface area contributed by atoms with E-state index in [2.05, 4.69) is 0 Å². The normalized spacial score (nSPS) is 9.85. The molecule has 2 rings (SSSR count). The van der Waals surface area contributed by atoms with Gasteiger partial charge in [-0.15, -0.1) is 0 Å². The molecule has 0 N–H and O–H groups in total. The standard InChI is InChI=1S/C16H13FN2O/c1-19(15-7-5-12(10-18)6-8-15)11-16(20)13-3-2-4-14(17)9-13/h2-9H,11H2,1H3. The molecule has 0 saturated carbocycles. The highest BCUT2D eigenvalue weighted by atomic mass is 19.1. The highest BCUT2D eigenvalue weighted by Gasteiger charge is 2.10. The molecule has 100 valence electrons. The Hall–Kier alpha value is -2.67. The Morgan fingerprint density at radius 1 is 1.25 bits per heavy atom. The molecule has 0 aliphatic rings. The van der Waals surface area contributed by atoms with E-state index in [1.165, 1.54) is 18.2 Å². The van der Waals surface area contributed by atoms with Gasteiger partial charge in [0.15, 0.2) is 5.78 Å². The van der Waals surface area contributed by atoms with Crippen molar-refractivity contribution < 1.29 is 9.18 Å². The summed E-state index contributed by atoms with van der Waals surface area (Å²) in [6.45, 7) is 0.148. The number of halogens is 1. The van der Waals surface area contributed by atoms with E-state index in [0.29, 0.717) is 11.1 Å². The van der Waals surface area contributed by atoms with Gasteiger partial charge in [-0.1, -0.05) is 12.1 Å². The van der Waals surface area contributed by atoms with Crippen molar-refractivity contribution in [2.45, 2.75) is 0 Å². The molecule has 0 amide bonds. The lowest BCUT2D eigenvalue weighted by atomic mass is 10.1. The lowest BCUT2D eigenvalue weighted by Crippen LogP contribution is -2.25. The minimum atomic E-state index is -0.420. The average molecular weight is 268 g/mol. The molecular weight excluding hydrogens is 255 g/mol. The Kier molecular flexibility index (Phi) is 4.11. The Bertz CT molecular complexity index is 659. The maximum absolute atomic E-state index is 13.1. The van der Waals surface area contributed by atoms with Crippen LogP contribution in [0, 0.1) is 17.1 Å². The quantitative estimate of drug-likeness (QED) is 0.801. The molecule has 0 aliphatic heterocycles. The molecule has 0 atom stereocenters. The van der Waals surface area contributed by atoms with E-state index >= 15 is 0 Å². The largest absolute Gasteiger partial charge is 0.367 e. The number of ketones is 1. The topological polar surface area (TPSA) is 44.1 Å². The van der Waals surface area contributed by atoms with E-state index in [9.17, 15) is 9.18 Å². The van der Waals surface area contributed by atoms with Crippen molar-refractivity contribution in [3.05, 3.63) is 65.5 Å². The number of carbonyl (C=O) groups excluding carboxylic acids is 1. The smallest absolute Gasteiger partial charge is 0.182 e. The molecule has 0 radical (unpaired) electrons. The van der Waals surface area contributed by atoms with Crippen molar-refractivity contribution in [1.82, 2.24) is 0 Å². The van der Waals surface area contributed by atoms with Crippen LogP contribution >= 0.6 is 0 Å². The minimum Gasteiger partial charge on any atom is -0.367 e. The molecule has 0 aromatic heterocycles. The summed E-state index contributed by atoms with van der Waals surface area (Å²) in [7, 11) is 1.78. The van der Waals surface area contributed by atoms with Gasteiger partial charge in [0.2, 0.25) is 0 Å². The fourth-order valence-corrected chi connectivity index (χ4v) is 1.85. The summed E-state index contributed by atoms with van der Waals surface area (Å²) in [4.78, 5) is 13.8. The molecule has 3 nitrogen and oxygen atoms in total. The summed E-state index contributed by atoms with van der Waals surface area (Å²) in [5.41, 5.74) is 1.75. The monoisotopic (exact) mass is 268 g/mol. The maximum atomic E-state index is 13.1. The molecule has 0 heterocycles. The second-order valence-corrected chi connectivity index (χ2v) is 4.45. The Balaban J connectivity index is 2.09. The summed E-state index contributed by atoms with van der Waals surface area (Å²) >= 11 is 0. The third-order valence-electron chi connectivity index (χ3n) is 2.96. The summed E-state index contributed by atoms with van der Waals surface area (Å²) in [5, 5.41) is 8.73. The Morgan fingerprint density at radius 2 is 1.95 bits per heavy atom. The first-order valence-electron chi connectivity index (χ1n) is 6.10. The third-order valence-corrected chi connectivity index (χ3v) is 2.96. The zero-order valence-corrected chi connectivity index (χ0v) is 11.0. The van der Waals surface area contributed by atoms with Crippen LogP contribution in [0.5, 0.6) is 0 Å². The highest BCUT2D eigenvalue weighted by molar-refractivity contribution is 5.99. The van der Waals surface area contributed by atoms with Crippen LogP contribution in [0.25, 0.3) is 0 Å². The van der Waals surface area contributed by atoms with Crippen LogP contribution in [0.2, 0.25) is 0 Å². The fraction of sp³-hybridized carbons (Fsp3) is 0.125. The molecule has 0 aliphatic carbocycles. The van der Waals surface area contributed by atoms with Crippen LogP contribution in [-0.4, -0.2) is 19.4 Å². The lowest BCUT2D eigenvalue weighted by Gasteiger charge is -2.18. The first kappa shape index (κ1) is 13.8. The summed E-state index contributed by atoms with van der Waals surface area (Å²) in [6, 6.07) is 14.6. The summed E-state index contributed by atoms with van der Waals surface area (Å²) in [6.07, 6.45) is 0. The molecule has 0 spiro atoms. The summed E-state index contributed by atoms with van der Waals surface area (Å²) < 4.78 is 13.1. The van der Waals surface area contributed by atoms with E-state index in [1.54, 1.807) is 42.3 Å². The number of benzene rings is 2. The lowest BCUT2D eigenvalue weighted by molar-refractivity contribution is 0.1000. The van der Waals surface area contributed by atoms with Gasteiger partial charge in [-0.3, -0.25) is 4.79 Å². The number of nitrogens with zero attached hydrogens (tertiary/aromatic N) is 2. The van der Waals surface area contributed by atoms with Crippen molar-refractivity contribution in [2.24, 2.45) is 0 Å². The Morgan fingerprint density at radius 3 is 2.55 bits per heavy atom. The van der Waals surface area contributed by atoms with Gasteiger partial charge in [0.1, 0.15) is 5.82 Å². The maximum Gasteiger partial charge on any atom is 0.182 e. The van der Waals surface area contributed by atoms with E-state index < -0.39 is 5.82 Å². The van der Waals surface area contributed by atoms with Gasteiger partial charge < -0.3 is 4.90 Å². The van der Waals surface area contributed by atoms with Crippen molar-refractivity contribution in [3.8, 4) is 6.07 Å². The van der Waals surface area contributed by atoms with Crippen LogP contribution in [0.1, 0.15) is 15.9 Å². The van der Waals surface area contributed by atoms with Gasteiger partial charge in [0, 0.05) is 18.3 Å². The molecule has 20 heavy (non-hydrogen) atoms. The average Bonchev–Trinajstić information content (AvgIpc) is 2.47. The number of likely N-dealkylation sites (N-methyl/N-ethyl adjacent to an activating group) is 1. The van der Waals surface area contributed by atoms with Crippen LogP contribution < -0.4 is 4.90 Å². The van der Waals surface area contributed by atoms with E-state index in [1.807, 2.05) is 6.07 Å². The molecule has 2 aromatic rings. The SMILES string of the molecule is CN(CC(=O)c1cccc(F)c1)c1ccc(C#N)cc1. The molecule has 0 bridgehead atoms. The number of rotatable bonds is 4. The number of hydrogen-bond acceptors (Lipinski definition) is 3. The van der Waals surface area contributed by atoms with Crippen molar-refractivity contribution in [2.75, 3.05) is 18.5 Å². The Labute approximate surface area is 116 Å². The predicted molar refractivity (Wildman–Crippen MR) is 75.2 cm³/mol. The number of nitriles is 1. The van der Waals surface area contributed by atoms with E-state index in [0.717, 1.165) is 5.69 Å². The van der Waals surface area contributed by atoms with Crippen LogP contribution in [0.3, 0.4) is 0 Å². The molecule has 4 heteroatoms. The van der Waals surface area contributed by atoms with Crippen LogP contribution in [-0.2, 0) is 0 Å². The van der Waals surface area contributed by atoms with Crippen LogP contribution in [0.4, 0.5) is 10.1 Å². The fourth-order valence-electron chi connectivity index (χ4n) is 1.85. The van der Waals surface area contributed by atoms with Crippen molar-refractivity contribution in [1.29, 1.82) is 5.26 Å². The third kappa shape index (κ3) is 3.21. The van der Waals surface area contributed by atoms with Gasteiger partial charge in [0.25, 0.3) is 0 Å². The number of hydrogen-bond donors (Lipinski definition) is 0. The van der Waals surface area contributed by atoms with Crippen LogP contribution in [0.15, 0.2) is 48.5 Å². The van der Waals surface area contributed by atoms with Crippen molar-refractivity contribution in [3.63, 3.8) is 0 Å². The molecular formula is C16H13FN2O. The summed E-state index contributed by atoms with van der Waals surface area (Å²) in [5.74, 6) is -0.576. The molecule has 0 fully saturated rings. The van der Waals surface area contributed by atoms with Gasteiger partial charge in [-0.2, -0.15) is 5.26 Å². The zero-order valence-electron chi connectivity index (χ0n) is 11.0. The van der Waals surface area contributed by atoms with Gasteiger partial charge in [-0.05, 0) is 36.4 Å². The molecule has 2 aromatic carbocycles. The number of anilines is 1. The van der Waals surface area contributed by atoms with Gasteiger partial charge >= 0.3 is 0 Å². The van der Waals surface area contributed by atoms with Gasteiger partial charge in [-0.25, -0.2) is 4.39 Å². The highest BCUT2D eigenvalue weighted by Crippen LogP contribution is 2.14. The molecule has 0 unspecified atom stereocenters. The van der Waals surface area contributed by atoms with Gasteiger partial charge in [0.05, 0.1) is 18.2 Å². The minimum absolute atomic E-state index is 0.148. The number of Topliss-reactive ketones (excluding diaryl/α,β-unsaturated/α-hetero) is 1. The second kappa shape index (κ2) is 5.98.